The SMILES string of the molecule is CC.CC.CCC.CCCC(C)C(=O)NC(=O)OCCSSCCOC(=O)NC(=O)C(CCC)CCC. The molecule has 4 amide bonds. The third kappa shape index (κ3) is 30.7. The second-order valence-corrected chi connectivity index (χ2v) is 10.3. The van der Waals surface area contributed by atoms with Crippen LogP contribution in [-0.2, 0) is 19.1 Å². The second kappa shape index (κ2) is 34.6. The van der Waals surface area contributed by atoms with Crippen LogP contribution in [0.5, 0.6) is 0 Å². The van der Waals surface area contributed by atoms with E-state index in [1.54, 1.807) is 6.92 Å². The van der Waals surface area contributed by atoms with Crippen LogP contribution < -0.4 is 10.6 Å². The first-order valence-corrected chi connectivity index (χ1v) is 16.4. The van der Waals surface area contributed by atoms with Gasteiger partial charge in [-0.25, -0.2) is 9.59 Å². The molecule has 8 nitrogen and oxygen atoms in total. The Labute approximate surface area is 235 Å². The van der Waals surface area contributed by atoms with Crippen LogP contribution in [0, 0.1) is 11.8 Å². The van der Waals surface area contributed by atoms with Crippen molar-refractivity contribution in [2.75, 3.05) is 24.7 Å². The van der Waals surface area contributed by atoms with Gasteiger partial charge in [0.15, 0.2) is 0 Å². The molecule has 0 bridgehead atoms. The Kier molecular flexibility index (Phi) is 39.9. The topological polar surface area (TPSA) is 111 Å². The van der Waals surface area contributed by atoms with E-state index < -0.39 is 12.2 Å². The fraction of sp³-hybridized carbons (Fsp3) is 0.852. The number of carbonyl (C=O) groups excluding carboxylic acids is 4. The Morgan fingerprint density at radius 1 is 0.649 bits per heavy atom. The first kappa shape index (κ1) is 42.7. The van der Waals surface area contributed by atoms with Gasteiger partial charge in [-0.2, -0.15) is 0 Å². The summed E-state index contributed by atoms with van der Waals surface area (Å²) in [5, 5.41) is 4.52. The van der Waals surface area contributed by atoms with Crippen LogP contribution in [-0.4, -0.2) is 48.7 Å². The Bertz CT molecular complexity index is 545. The van der Waals surface area contributed by atoms with E-state index in [9.17, 15) is 19.2 Å². The van der Waals surface area contributed by atoms with Crippen LogP contribution >= 0.6 is 21.6 Å². The van der Waals surface area contributed by atoms with E-state index in [0.29, 0.717) is 11.5 Å². The van der Waals surface area contributed by atoms with Crippen LogP contribution in [0.15, 0.2) is 0 Å². The number of hydrogen-bond donors (Lipinski definition) is 2. The lowest BCUT2D eigenvalue weighted by atomic mass is 9.97. The lowest BCUT2D eigenvalue weighted by Gasteiger charge is -2.14. The van der Waals surface area contributed by atoms with Crippen LogP contribution in [0.2, 0.25) is 0 Å². The molecule has 0 aliphatic heterocycles. The molecular formula is C27H56N2O6S2. The minimum absolute atomic E-state index is 0.153. The fourth-order valence-corrected chi connectivity index (χ4v) is 4.27. The number of carbonyl (C=O) groups is 4. The quantitative estimate of drug-likeness (QED) is 0.151. The number of rotatable bonds is 15. The molecule has 37 heavy (non-hydrogen) atoms. The van der Waals surface area contributed by atoms with Gasteiger partial charge in [-0.15, -0.1) is 0 Å². The van der Waals surface area contributed by atoms with E-state index in [-0.39, 0.29) is 36.9 Å². The maximum Gasteiger partial charge on any atom is 0.413 e. The minimum atomic E-state index is -0.734. The van der Waals surface area contributed by atoms with Gasteiger partial charge in [0, 0.05) is 23.3 Å². The first-order chi connectivity index (χ1) is 17.8. The standard InChI is InChI=1S/C20H36N2O6S2.C3H8.2C2H6/c1-5-8-15(4)17(23)21-19(25)27-11-13-29-30-14-12-28-20(26)22-18(24)16(9-6-2)10-7-3;1-3-2;2*1-2/h15-16H,5-14H2,1-4H3,(H,21,23,25)(H,22,24,26);3H2,1-2H3;2*1-2H3. The van der Waals surface area contributed by atoms with Crippen molar-refractivity contribution in [3.63, 3.8) is 0 Å². The minimum Gasteiger partial charge on any atom is -0.448 e. The number of amides is 4. The number of ether oxygens (including phenoxy) is 2. The van der Waals surface area contributed by atoms with E-state index in [0.717, 1.165) is 38.5 Å². The average Bonchev–Trinajstić information content (AvgIpc) is 2.88. The maximum atomic E-state index is 12.0. The molecule has 0 saturated carbocycles. The van der Waals surface area contributed by atoms with Crippen LogP contribution in [0.4, 0.5) is 9.59 Å². The molecule has 0 fully saturated rings. The highest BCUT2D eigenvalue weighted by molar-refractivity contribution is 8.76. The molecule has 1 atom stereocenters. The summed E-state index contributed by atoms with van der Waals surface area (Å²) in [6, 6.07) is 0. The van der Waals surface area contributed by atoms with Gasteiger partial charge in [0.05, 0.1) is 0 Å². The highest BCUT2D eigenvalue weighted by Gasteiger charge is 2.19. The summed E-state index contributed by atoms with van der Waals surface area (Å²) in [7, 11) is 2.92. The molecule has 0 saturated heterocycles. The summed E-state index contributed by atoms with van der Waals surface area (Å²) in [6.45, 7) is 20.4. The summed E-state index contributed by atoms with van der Waals surface area (Å²) in [4.78, 5) is 46.9. The lowest BCUT2D eigenvalue weighted by molar-refractivity contribution is -0.125. The van der Waals surface area contributed by atoms with E-state index >= 15 is 0 Å². The zero-order valence-corrected chi connectivity index (χ0v) is 26.8. The van der Waals surface area contributed by atoms with Gasteiger partial charge in [-0.05, 0) is 19.3 Å². The molecule has 0 aromatic heterocycles. The molecule has 0 rings (SSSR count). The molecule has 0 heterocycles. The smallest absolute Gasteiger partial charge is 0.413 e. The van der Waals surface area contributed by atoms with Gasteiger partial charge in [-0.1, -0.05) is 117 Å². The van der Waals surface area contributed by atoms with Crippen LogP contribution in [0.3, 0.4) is 0 Å². The third-order valence-corrected chi connectivity index (χ3v) is 6.48. The molecule has 0 aromatic carbocycles. The highest BCUT2D eigenvalue weighted by Crippen LogP contribution is 2.20. The van der Waals surface area contributed by atoms with Crippen molar-refractivity contribution >= 4 is 45.6 Å². The molecule has 10 heteroatoms. The zero-order valence-electron chi connectivity index (χ0n) is 25.2. The number of alkyl carbamates (subject to hydrolysis) is 2. The third-order valence-electron chi connectivity index (χ3n) is 4.15. The second-order valence-electron chi connectivity index (χ2n) is 7.57. The predicted molar refractivity (Wildman–Crippen MR) is 160 cm³/mol. The highest BCUT2D eigenvalue weighted by atomic mass is 33.1. The van der Waals surface area contributed by atoms with Crippen molar-refractivity contribution < 1.29 is 28.7 Å². The van der Waals surface area contributed by atoms with Gasteiger partial charge in [-0.3, -0.25) is 20.2 Å². The van der Waals surface area contributed by atoms with Crippen molar-refractivity contribution in [3.05, 3.63) is 0 Å². The summed E-state index contributed by atoms with van der Waals surface area (Å²) < 4.78 is 9.97. The predicted octanol–water partition coefficient (Wildman–Crippen LogP) is 7.99. The summed E-state index contributed by atoms with van der Waals surface area (Å²) >= 11 is 0. The number of hydrogen-bond acceptors (Lipinski definition) is 8. The van der Waals surface area contributed by atoms with Gasteiger partial charge in [0.25, 0.3) is 0 Å². The van der Waals surface area contributed by atoms with Crippen molar-refractivity contribution in [1.82, 2.24) is 10.6 Å². The van der Waals surface area contributed by atoms with Crippen LogP contribution in [0.25, 0.3) is 0 Å². The number of nitrogens with one attached hydrogen (secondary N) is 2. The molecule has 0 spiro atoms. The Morgan fingerprint density at radius 3 is 1.35 bits per heavy atom. The molecule has 222 valence electrons. The Hall–Kier alpha value is -1.42. The Morgan fingerprint density at radius 2 is 1.00 bits per heavy atom. The van der Waals surface area contributed by atoms with Crippen molar-refractivity contribution in [3.8, 4) is 0 Å². The van der Waals surface area contributed by atoms with Gasteiger partial charge in [0.1, 0.15) is 13.2 Å². The molecule has 0 radical (unpaired) electrons. The van der Waals surface area contributed by atoms with Crippen molar-refractivity contribution in [2.45, 2.75) is 114 Å². The largest absolute Gasteiger partial charge is 0.448 e. The summed E-state index contributed by atoms with van der Waals surface area (Å²) in [5.41, 5.74) is 0. The Balaban J connectivity index is -0.000000703. The monoisotopic (exact) mass is 568 g/mol. The molecule has 0 aliphatic rings. The van der Waals surface area contributed by atoms with Crippen LogP contribution in [0.1, 0.15) is 114 Å². The van der Waals surface area contributed by atoms with Gasteiger partial charge in [0.2, 0.25) is 11.8 Å². The first-order valence-electron chi connectivity index (χ1n) is 14.0. The van der Waals surface area contributed by atoms with E-state index in [4.69, 9.17) is 9.47 Å². The molecule has 0 aliphatic carbocycles. The fourth-order valence-electron chi connectivity index (χ4n) is 2.62. The van der Waals surface area contributed by atoms with E-state index in [2.05, 4.69) is 24.5 Å². The lowest BCUT2D eigenvalue weighted by Crippen LogP contribution is -2.36. The molecular weight excluding hydrogens is 512 g/mol. The van der Waals surface area contributed by atoms with Gasteiger partial charge >= 0.3 is 12.2 Å². The molecule has 0 aromatic rings. The average molecular weight is 569 g/mol. The van der Waals surface area contributed by atoms with E-state index in [1.807, 2.05) is 48.5 Å². The maximum absolute atomic E-state index is 12.0. The molecule has 1 unspecified atom stereocenters. The molecule has 2 N–H and O–H groups in total. The summed E-state index contributed by atoms with van der Waals surface area (Å²) in [6.07, 6.45) is 4.68. The van der Waals surface area contributed by atoms with Crippen molar-refractivity contribution in [1.29, 1.82) is 0 Å². The normalized spacial score (nSPS) is 10.2. The zero-order chi connectivity index (χ0) is 29.5. The van der Waals surface area contributed by atoms with E-state index in [1.165, 1.54) is 28.0 Å². The van der Waals surface area contributed by atoms with Gasteiger partial charge < -0.3 is 9.47 Å². The van der Waals surface area contributed by atoms with Crippen molar-refractivity contribution in [2.24, 2.45) is 11.8 Å². The summed E-state index contributed by atoms with van der Waals surface area (Å²) in [5.74, 6) is 0.108. The number of imide groups is 2.